The van der Waals surface area contributed by atoms with Crippen molar-refractivity contribution in [3.63, 3.8) is 0 Å². The molecule has 0 spiro atoms. The largest absolute Gasteiger partial charge is 0.154 e. The predicted molar refractivity (Wildman–Crippen MR) is 56.6 cm³/mol. The maximum Gasteiger partial charge on any atom is 0.0439 e. The Balaban J connectivity index is 3.45. The van der Waals surface area contributed by atoms with Crippen molar-refractivity contribution in [2.45, 2.75) is 26.0 Å². The summed E-state index contributed by atoms with van der Waals surface area (Å²) in [6.07, 6.45) is 0. The Kier molecular flexibility index (Phi) is 6.16. The van der Waals surface area contributed by atoms with Gasteiger partial charge < -0.3 is 0 Å². The van der Waals surface area contributed by atoms with E-state index in [-0.39, 0.29) is 0 Å². The zero-order chi connectivity index (χ0) is 8.85. The van der Waals surface area contributed by atoms with Crippen LogP contribution in [-0.2, 0) is 0 Å². The Hall–Kier alpha value is 0.380. The normalized spacial score (nSPS) is 13.5. The first-order valence-corrected chi connectivity index (χ1v) is 5.50. The van der Waals surface area contributed by atoms with E-state index in [9.17, 15) is 0 Å². The molecule has 0 aromatic carbocycles. The van der Waals surface area contributed by atoms with Gasteiger partial charge in [0.05, 0.1) is 0 Å². The highest BCUT2D eigenvalue weighted by atomic mass is 35.5. The van der Waals surface area contributed by atoms with Crippen LogP contribution in [0.4, 0.5) is 0 Å². The molecule has 0 rings (SSSR count). The molecule has 1 unspecified atom stereocenters. The van der Waals surface area contributed by atoms with Crippen LogP contribution in [0, 0.1) is 5.92 Å². The summed E-state index contributed by atoms with van der Waals surface area (Å²) in [6, 6.07) is 0. The quantitative estimate of drug-likeness (QED) is 0.474. The summed E-state index contributed by atoms with van der Waals surface area (Å²) in [5.74, 6) is 2.34. The molecule has 0 fully saturated rings. The second-order valence-corrected chi connectivity index (χ2v) is 4.78. The Morgan fingerprint density at radius 2 is 2.00 bits per heavy atom. The molecule has 11 heavy (non-hydrogen) atoms. The molecular weight excluding hydrogens is 176 g/mol. The first kappa shape index (κ1) is 11.4. The summed E-state index contributed by atoms with van der Waals surface area (Å²) in [4.78, 5) is 0. The van der Waals surface area contributed by atoms with Gasteiger partial charge in [-0.2, -0.15) is 11.8 Å². The molecule has 0 aliphatic heterocycles. The molecule has 0 amide bonds. The monoisotopic (exact) mass is 192 g/mol. The summed E-state index contributed by atoms with van der Waals surface area (Å²) in [6.45, 7) is 10.6. The smallest absolute Gasteiger partial charge is 0.0439 e. The van der Waals surface area contributed by atoms with Gasteiger partial charge in [-0.15, -0.1) is 11.6 Å². The molecule has 0 saturated carbocycles. The minimum absolute atomic E-state index is 0.595. The number of hydrogen-bond acceptors (Lipinski definition) is 1. The van der Waals surface area contributed by atoms with Gasteiger partial charge in [0.2, 0.25) is 0 Å². The maximum atomic E-state index is 5.60. The Bertz CT molecular complexity index is 121. The van der Waals surface area contributed by atoms with Crippen LogP contribution in [0.15, 0.2) is 12.2 Å². The number of hydrogen-bond donors (Lipinski definition) is 0. The fourth-order valence-electron chi connectivity index (χ4n) is 0.480. The van der Waals surface area contributed by atoms with Crippen LogP contribution in [-0.4, -0.2) is 16.9 Å². The lowest BCUT2D eigenvalue weighted by molar-refractivity contribution is 0.643. The first-order valence-electron chi connectivity index (χ1n) is 3.92. The van der Waals surface area contributed by atoms with Crippen molar-refractivity contribution < 1.29 is 0 Å². The Morgan fingerprint density at radius 3 is 2.36 bits per heavy atom. The highest BCUT2D eigenvalue weighted by Gasteiger charge is 2.06. The van der Waals surface area contributed by atoms with E-state index in [0.717, 1.165) is 17.2 Å². The van der Waals surface area contributed by atoms with Gasteiger partial charge in [-0.25, -0.2) is 0 Å². The molecule has 2 heteroatoms. The second-order valence-electron chi connectivity index (χ2n) is 3.14. The Labute approximate surface area is 79.4 Å². The van der Waals surface area contributed by atoms with Crippen molar-refractivity contribution in [2.75, 3.05) is 11.6 Å². The van der Waals surface area contributed by atoms with E-state index < -0.39 is 0 Å². The van der Waals surface area contributed by atoms with Gasteiger partial charge >= 0.3 is 0 Å². The minimum Gasteiger partial charge on any atom is -0.154 e. The van der Waals surface area contributed by atoms with Crippen LogP contribution in [0.5, 0.6) is 0 Å². The number of alkyl halides is 1. The second kappa shape index (κ2) is 5.96. The van der Waals surface area contributed by atoms with Crippen molar-refractivity contribution in [1.29, 1.82) is 0 Å². The summed E-state index contributed by atoms with van der Waals surface area (Å²) in [5, 5.41) is 0.704. The number of halogens is 1. The molecule has 0 bridgehead atoms. The van der Waals surface area contributed by atoms with Crippen molar-refractivity contribution in [3.8, 4) is 0 Å². The van der Waals surface area contributed by atoms with Gasteiger partial charge in [-0.05, 0) is 5.92 Å². The van der Waals surface area contributed by atoms with Gasteiger partial charge in [-0.3, -0.25) is 0 Å². The molecule has 0 aliphatic carbocycles. The van der Waals surface area contributed by atoms with Crippen LogP contribution >= 0.6 is 23.4 Å². The van der Waals surface area contributed by atoms with Gasteiger partial charge in [0.1, 0.15) is 0 Å². The summed E-state index contributed by atoms with van der Waals surface area (Å²) in [7, 11) is 0. The summed E-state index contributed by atoms with van der Waals surface area (Å²) in [5.41, 5.74) is 1.13. The molecule has 0 aromatic rings. The SMILES string of the molecule is C=C(CCl)CSC(C)C(C)C. The summed E-state index contributed by atoms with van der Waals surface area (Å²) < 4.78 is 0. The highest BCUT2D eigenvalue weighted by Crippen LogP contribution is 2.20. The van der Waals surface area contributed by atoms with Crippen molar-refractivity contribution in [1.82, 2.24) is 0 Å². The Morgan fingerprint density at radius 1 is 1.45 bits per heavy atom. The molecule has 0 heterocycles. The van der Waals surface area contributed by atoms with E-state index in [1.807, 2.05) is 11.8 Å². The molecule has 0 nitrogen and oxygen atoms in total. The molecule has 66 valence electrons. The van der Waals surface area contributed by atoms with Crippen LogP contribution in [0.25, 0.3) is 0 Å². The lowest BCUT2D eigenvalue weighted by atomic mass is 10.2. The summed E-state index contributed by atoms with van der Waals surface area (Å²) >= 11 is 7.54. The van der Waals surface area contributed by atoms with E-state index in [4.69, 9.17) is 11.6 Å². The number of thioether (sulfide) groups is 1. The van der Waals surface area contributed by atoms with Gasteiger partial charge in [0.25, 0.3) is 0 Å². The fraction of sp³-hybridized carbons (Fsp3) is 0.778. The van der Waals surface area contributed by atoms with E-state index in [2.05, 4.69) is 27.4 Å². The topological polar surface area (TPSA) is 0 Å². The molecular formula is C9H17ClS. The van der Waals surface area contributed by atoms with Gasteiger partial charge in [-0.1, -0.05) is 32.9 Å². The van der Waals surface area contributed by atoms with Crippen molar-refractivity contribution in [3.05, 3.63) is 12.2 Å². The van der Waals surface area contributed by atoms with Crippen molar-refractivity contribution >= 4 is 23.4 Å². The van der Waals surface area contributed by atoms with Crippen LogP contribution in [0.1, 0.15) is 20.8 Å². The van der Waals surface area contributed by atoms with E-state index in [0.29, 0.717) is 11.1 Å². The lowest BCUT2D eigenvalue weighted by Gasteiger charge is -2.14. The third-order valence-corrected chi connectivity index (χ3v) is 3.70. The standard InChI is InChI=1S/C9H17ClS/c1-7(2)9(4)11-6-8(3)5-10/h7,9H,3,5-6H2,1-2,4H3. The van der Waals surface area contributed by atoms with Crippen LogP contribution in [0.3, 0.4) is 0 Å². The average molecular weight is 193 g/mol. The van der Waals surface area contributed by atoms with Crippen LogP contribution in [0.2, 0.25) is 0 Å². The number of rotatable bonds is 5. The molecule has 0 N–H and O–H groups in total. The van der Waals surface area contributed by atoms with Gasteiger partial charge in [0, 0.05) is 16.9 Å². The highest BCUT2D eigenvalue weighted by molar-refractivity contribution is 8.00. The fourth-order valence-corrected chi connectivity index (χ4v) is 1.67. The zero-order valence-corrected chi connectivity index (χ0v) is 9.13. The van der Waals surface area contributed by atoms with Gasteiger partial charge in [0.15, 0.2) is 0 Å². The van der Waals surface area contributed by atoms with E-state index in [1.165, 1.54) is 0 Å². The lowest BCUT2D eigenvalue weighted by Crippen LogP contribution is -2.07. The average Bonchev–Trinajstić information content (AvgIpc) is 1.99. The van der Waals surface area contributed by atoms with Crippen molar-refractivity contribution in [2.24, 2.45) is 5.92 Å². The van der Waals surface area contributed by atoms with E-state index >= 15 is 0 Å². The molecule has 0 saturated heterocycles. The maximum absolute atomic E-state index is 5.60. The predicted octanol–water partition coefficient (Wildman–Crippen LogP) is 3.56. The third kappa shape index (κ3) is 5.63. The minimum atomic E-state index is 0.595. The zero-order valence-electron chi connectivity index (χ0n) is 7.56. The molecule has 0 aromatic heterocycles. The first-order chi connectivity index (χ1) is 5.07. The molecule has 0 aliphatic rings. The van der Waals surface area contributed by atoms with E-state index in [1.54, 1.807) is 0 Å². The molecule has 0 radical (unpaired) electrons. The third-order valence-electron chi connectivity index (χ3n) is 1.68. The van der Waals surface area contributed by atoms with Crippen LogP contribution < -0.4 is 0 Å². The molecule has 1 atom stereocenters.